The van der Waals surface area contributed by atoms with Crippen LogP contribution in [-0.4, -0.2) is 47.8 Å². The molecule has 1 aliphatic heterocycles. The maximum Gasteiger partial charge on any atom is 0.315 e. The number of benzene rings is 1. The molecule has 4 nitrogen and oxygen atoms in total. The first-order valence-electron chi connectivity index (χ1n) is 7.62. The molecular weight excluding hydrogens is 266 g/mol. The van der Waals surface area contributed by atoms with Gasteiger partial charge in [0.05, 0.1) is 12.7 Å². The third-order valence-corrected chi connectivity index (χ3v) is 4.45. The van der Waals surface area contributed by atoms with Crippen molar-refractivity contribution < 1.29 is 14.6 Å². The van der Waals surface area contributed by atoms with Gasteiger partial charge in [0.1, 0.15) is 5.41 Å². The smallest absolute Gasteiger partial charge is 0.315 e. The standard InChI is InChI=1S/C17H25NO3/c1-4-15-11-21-13(2)10-18(15)12-17(3,16(19)20)14-8-6-5-7-9-14/h5-9,13,15H,4,10-12H2,1-3H3,(H,19,20). The van der Waals surface area contributed by atoms with Crippen LogP contribution in [0.3, 0.4) is 0 Å². The summed E-state index contributed by atoms with van der Waals surface area (Å²) in [4.78, 5) is 14.2. The quantitative estimate of drug-likeness (QED) is 0.905. The molecule has 0 radical (unpaired) electrons. The molecule has 0 aromatic heterocycles. The molecule has 0 bridgehead atoms. The van der Waals surface area contributed by atoms with Crippen molar-refractivity contribution in [3.05, 3.63) is 35.9 Å². The molecule has 0 saturated carbocycles. The van der Waals surface area contributed by atoms with Crippen molar-refractivity contribution in [2.24, 2.45) is 0 Å². The van der Waals surface area contributed by atoms with Crippen LogP contribution in [0, 0.1) is 0 Å². The van der Waals surface area contributed by atoms with Crippen LogP contribution < -0.4 is 0 Å². The van der Waals surface area contributed by atoms with Crippen LogP contribution in [0.4, 0.5) is 0 Å². The molecule has 4 heteroatoms. The fourth-order valence-electron chi connectivity index (χ4n) is 2.98. The van der Waals surface area contributed by atoms with E-state index in [4.69, 9.17) is 4.74 Å². The number of rotatable bonds is 5. The average Bonchev–Trinajstić information content (AvgIpc) is 2.48. The molecule has 1 aromatic rings. The largest absolute Gasteiger partial charge is 0.481 e. The summed E-state index contributed by atoms with van der Waals surface area (Å²) in [6.45, 7) is 7.96. The minimum absolute atomic E-state index is 0.154. The Hall–Kier alpha value is -1.39. The highest BCUT2D eigenvalue weighted by Gasteiger charge is 2.39. The van der Waals surface area contributed by atoms with E-state index < -0.39 is 11.4 Å². The molecule has 1 aliphatic rings. The predicted octanol–water partition coefficient (Wildman–Crippen LogP) is 2.53. The molecule has 21 heavy (non-hydrogen) atoms. The van der Waals surface area contributed by atoms with Gasteiger partial charge in [0.25, 0.3) is 0 Å². The first-order valence-corrected chi connectivity index (χ1v) is 7.62. The molecule has 1 aromatic carbocycles. The fraction of sp³-hybridized carbons (Fsp3) is 0.588. The van der Waals surface area contributed by atoms with Crippen molar-refractivity contribution in [3.63, 3.8) is 0 Å². The maximum absolute atomic E-state index is 11.9. The van der Waals surface area contributed by atoms with Crippen LogP contribution in [0.25, 0.3) is 0 Å². The van der Waals surface area contributed by atoms with Gasteiger partial charge in [0.15, 0.2) is 0 Å². The Morgan fingerprint density at radius 2 is 2.10 bits per heavy atom. The van der Waals surface area contributed by atoms with E-state index in [9.17, 15) is 9.90 Å². The van der Waals surface area contributed by atoms with E-state index in [1.54, 1.807) is 0 Å². The summed E-state index contributed by atoms with van der Waals surface area (Å²) in [5, 5.41) is 9.78. The van der Waals surface area contributed by atoms with E-state index in [0.717, 1.165) is 18.5 Å². The fourth-order valence-corrected chi connectivity index (χ4v) is 2.98. The number of aliphatic carboxylic acids is 1. The monoisotopic (exact) mass is 291 g/mol. The second kappa shape index (κ2) is 6.58. The van der Waals surface area contributed by atoms with Crippen molar-refractivity contribution in [2.45, 2.75) is 44.8 Å². The Balaban J connectivity index is 2.25. The van der Waals surface area contributed by atoms with Crippen LogP contribution in [0.2, 0.25) is 0 Å². The first kappa shape index (κ1) is 16.0. The molecule has 1 heterocycles. The highest BCUT2D eigenvalue weighted by Crippen LogP contribution is 2.28. The highest BCUT2D eigenvalue weighted by atomic mass is 16.5. The Bertz CT molecular complexity index is 476. The summed E-state index contributed by atoms with van der Waals surface area (Å²) < 4.78 is 5.70. The van der Waals surface area contributed by atoms with E-state index >= 15 is 0 Å². The Morgan fingerprint density at radius 1 is 1.43 bits per heavy atom. The van der Waals surface area contributed by atoms with Crippen LogP contribution >= 0.6 is 0 Å². The van der Waals surface area contributed by atoms with Gasteiger partial charge < -0.3 is 9.84 Å². The minimum Gasteiger partial charge on any atom is -0.481 e. The third kappa shape index (κ3) is 3.44. The molecule has 0 amide bonds. The van der Waals surface area contributed by atoms with Gasteiger partial charge in [-0.25, -0.2) is 0 Å². The van der Waals surface area contributed by atoms with Gasteiger partial charge in [0, 0.05) is 19.1 Å². The number of morpholine rings is 1. The summed E-state index contributed by atoms with van der Waals surface area (Å²) in [5.74, 6) is -0.775. The van der Waals surface area contributed by atoms with Gasteiger partial charge in [-0.05, 0) is 25.8 Å². The van der Waals surface area contributed by atoms with E-state index in [-0.39, 0.29) is 6.10 Å². The summed E-state index contributed by atoms with van der Waals surface area (Å²) in [7, 11) is 0. The Kier molecular flexibility index (Phi) is 5.01. The predicted molar refractivity (Wildman–Crippen MR) is 82.5 cm³/mol. The lowest BCUT2D eigenvalue weighted by Crippen LogP contribution is -2.54. The van der Waals surface area contributed by atoms with Crippen LogP contribution in [-0.2, 0) is 14.9 Å². The lowest BCUT2D eigenvalue weighted by atomic mass is 9.81. The summed E-state index contributed by atoms with van der Waals surface area (Å²) >= 11 is 0. The van der Waals surface area contributed by atoms with Crippen LogP contribution in [0.5, 0.6) is 0 Å². The average molecular weight is 291 g/mol. The molecule has 0 aliphatic carbocycles. The first-order chi connectivity index (χ1) is 9.97. The molecule has 2 rings (SSSR count). The van der Waals surface area contributed by atoms with Crippen molar-refractivity contribution in [2.75, 3.05) is 19.7 Å². The molecular formula is C17H25NO3. The lowest BCUT2D eigenvalue weighted by molar-refractivity contribution is -0.145. The molecule has 3 unspecified atom stereocenters. The van der Waals surface area contributed by atoms with Gasteiger partial charge >= 0.3 is 5.97 Å². The molecule has 1 fully saturated rings. The third-order valence-electron chi connectivity index (χ3n) is 4.45. The van der Waals surface area contributed by atoms with E-state index in [2.05, 4.69) is 11.8 Å². The second-order valence-corrected chi connectivity index (χ2v) is 6.14. The summed E-state index contributed by atoms with van der Waals surface area (Å²) in [6.07, 6.45) is 1.12. The zero-order chi connectivity index (χ0) is 15.5. The SMILES string of the molecule is CCC1COC(C)CN1CC(C)(C(=O)O)c1ccccc1. The molecule has 116 valence electrons. The van der Waals surface area contributed by atoms with Gasteiger partial charge in [-0.15, -0.1) is 0 Å². The molecule has 1 N–H and O–H groups in total. The van der Waals surface area contributed by atoms with Crippen LogP contribution in [0.1, 0.15) is 32.8 Å². The zero-order valence-corrected chi connectivity index (χ0v) is 13.1. The van der Waals surface area contributed by atoms with Crippen molar-refractivity contribution in [1.29, 1.82) is 0 Å². The highest BCUT2D eigenvalue weighted by molar-refractivity contribution is 5.81. The normalized spacial score (nSPS) is 26.2. The molecule has 0 spiro atoms. The number of ether oxygens (including phenoxy) is 1. The maximum atomic E-state index is 11.9. The molecule has 3 atom stereocenters. The number of hydrogen-bond donors (Lipinski definition) is 1. The van der Waals surface area contributed by atoms with Crippen molar-refractivity contribution >= 4 is 5.97 Å². The van der Waals surface area contributed by atoms with E-state index in [1.165, 1.54) is 0 Å². The summed E-state index contributed by atoms with van der Waals surface area (Å²) in [5.41, 5.74) is -0.0438. The topological polar surface area (TPSA) is 49.8 Å². The summed E-state index contributed by atoms with van der Waals surface area (Å²) in [6, 6.07) is 9.81. The Labute approximate surface area is 126 Å². The van der Waals surface area contributed by atoms with E-state index in [0.29, 0.717) is 19.2 Å². The van der Waals surface area contributed by atoms with Gasteiger partial charge in [-0.1, -0.05) is 37.3 Å². The van der Waals surface area contributed by atoms with Crippen molar-refractivity contribution in [3.8, 4) is 0 Å². The van der Waals surface area contributed by atoms with Crippen molar-refractivity contribution in [1.82, 2.24) is 4.90 Å². The molecule has 1 saturated heterocycles. The number of carboxylic acids is 1. The van der Waals surface area contributed by atoms with Gasteiger partial charge in [0.2, 0.25) is 0 Å². The van der Waals surface area contributed by atoms with Gasteiger partial charge in [-0.3, -0.25) is 9.69 Å². The van der Waals surface area contributed by atoms with Gasteiger partial charge in [-0.2, -0.15) is 0 Å². The lowest BCUT2D eigenvalue weighted by Gasteiger charge is -2.42. The Morgan fingerprint density at radius 3 is 2.67 bits per heavy atom. The number of carboxylic acid groups (broad SMARTS) is 1. The minimum atomic E-state index is -0.897. The number of hydrogen-bond acceptors (Lipinski definition) is 3. The zero-order valence-electron chi connectivity index (χ0n) is 13.1. The number of nitrogens with zero attached hydrogens (tertiary/aromatic N) is 1. The number of carbonyl (C=O) groups is 1. The van der Waals surface area contributed by atoms with E-state index in [1.807, 2.05) is 44.2 Å². The van der Waals surface area contributed by atoms with Crippen LogP contribution in [0.15, 0.2) is 30.3 Å². The second-order valence-electron chi connectivity index (χ2n) is 6.14.